The van der Waals surface area contributed by atoms with Crippen LogP contribution in [-0.4, -0.2) is 29.2 Å². The highest BCUT2D eigenvalue weighted by Crippen LogP contribution is 2.36. The van der Waals surface area contributed by atoms with E-state index in [1.54, 1.807) is 50.4 Å². The molecule has 1 aromatic heterocycles. The smallest absolute Gasteiger partial charge is 0.338 e. The summed E-state index contributed by atoms with van der Waals surface area (Å²) in [5, 5.41) is 11.3. The van der Waals surface area contributed by atoms with E-state index in [0.717, 1.165) is 11.3 Å². The van der Waals surface area contributed by atoms with Crippen molar-refractivity contribution in [3.63, 3.8) is 0 Å². The van der Waals surface area contributed by atoms with Gasteiger partial charge in [0.05, 0.1) is 40.5 Å². The fraction of sp³-hybridized carbons (Fsp3) is 0.138. The van der Waals surface area contributed by atoms with Gasteiger partial charge in [-0.05, 0) is 36.3 Å². The first kappa shape index (κ1) is 25.8. The van der Waals surface area contributed by atoms with Crippen LogP contribution in [0.25, 0.3) is 11.8 Å². The first-order valence-corrected chi connectivity index (χ1v) is 12.9. The molecule has 1 aliphatic rings. The standard InChI is InChI=1S/C29H23N3O6S/c1-3-38-28(34)24-25(19-10-5-4-6-11-19)30-29-31(26(24)20-12-8-14-22(17-20)37-2)27(33)23(39-29)16-18-9-7-13-21(15-18)32(35)36/h4-17,26H,3H2,1-2H3/b23-16-/t26-/m0/s1. The van der Waals surface area contributed by atoms with Crippen LogP contribution in [0.15, 0.2) is 94.2 Å². The molecule has 2 heterocycles. The molecule has 9 nitrogen and oxygen atoms in total. The Morgan fingerprint density at radius 3 is 2.59 bits per heavy atom. The lowest BCUT2D eigenvalue weighted by Gasteiger charge is -2.26. The quantitative estimate of drug-likeness (QED) is 0.200. The SMILES string of the molecule is CCOC(=O)C1=C(c2ccccc2)N=c2s/c(=C\c3cccc([N+](=O)[O-])c3)c(=O)n2[C@H]1c1cccc(OC)c1. The van der Waals surface area contributed by atoms with Gasteiger partial charge in [0.2, 0.25) is 0 Å². The minimum absolute atomic E-state index is 0.0817. The molecule has 0 spiro atoms. The van der Waals surface area contributed by atoms with E-state index in [9.17, 15) is 19.7 Å². The Labute approximate surface area is 226 Å². The van der Waals surface area contributed by atoms with E-state index in [4.69, 9.17) is 14.5 Å². The number of ether oxygens (including phenoxy) is 2. The highest BCUT2D eigenvalue weighted by atomic mass is 32.1. The number of fused-ring (bicyclic) bond motifs is 1. The zero-order chi connectivity index (χ0) is 27.5. The summed E-state index contributed by atoms with van der Waals surface area (Å²) in [7, 11) is 1.54. The summed E-state index contributed by atoms with van der Waals surface area (Å²) in [5.74, 6) is -0.0198. The Hall–Kier alpha value is -4.83. The molecule has 39 heavy (non-hydrogen) atoms. The summed E-state index contributed by atoms with van der Waals surface area (Å²) >= 11 is 1.15. The van der Waals surface area contributed by atoms with E-state index < -0.39 is 16.9 Å². The van der Waals surface area contributed by atoms with E-state index in [0.29, 0.717) is 37.5 Å². The summed E-state index contributed by atoms with van der Waals surface area (Å²) < 4.78 is 12.7. The zero-order valence-electron chi connectivity index (χ0n) is 21.1. The third kappa shape index (κ3) is 5.01. The number of carbonyl (C=O) groups is 1. The largest absolute Gasteiger partial charge is 0.497 e. The molecule has 0 aliphatic carbocycles. The summed E-state index contributed by atoms with van der Waals surface area (Å²) in [6.45, 7) is 1.86. The Bertz CT molecular complexity index is 1790. The van der Waals surface area contributed by atoms with Crippen molar-refractivity contribution in [1.82, 2.24) is 4.57 Å². The van der Waals surface area contributed by atoms with Gasteiger partial charge < -0.3 is 9.47 Å². The van der Waals surface area contributed by atoms with Crippen LogP contribution in [0.3, 0.4) is 0 Å². The molecule has 10 heteroatoms. The lowest BCUT2D eigenvalue weighted by Crippen LogP contribution is -2.40. The number of esters is 1. The Kier molecular flexibility index (Phi) is 7.20. The third-order valence-electron chi connectivity index (χ3n) is 6.16. The molecule has 3 aromatic carbocycles. The van der Waals surface area contributed by atoms with Crippen LogP contribution in [0.2, 0.25) is 0 Å². The normalized spacial score (nSPS) is 14.9. The maximum absolute atomic E-state index is 13.9. The molecule has 0 radical (unpaired) electrons. The van der Waals surface area contributed by atoms with E-state index in [2.05, 4.69) is 0 Å². The van der Waals surface area contributed by atoms with Crippen LogP contribution >= 0.6 is 11.3 Å². The fourth-order valence-electron chi connectivity index (χ4n) is 4.45. The predicted molar refractivity (Wildman–Crippen MR) is 147 cm³/mol. The van der Waals surface area contributed by atoms with Gasteiger partial charge in [0.25, 0.3) is 11.2 Å². The second-order valence-electron chi connectivity index (χ2n) is 8.56. The molecule has 196 valence electrons. The zero-order valence-corrected chi connectivity index (χ0v) is 21.9. The Balaban J connectivity index is 1.82. The summed E-state index contributed by atoms with van der Waals surface area (Å²) in [6, 6.07) is 21.6. The second-order valence-corrected chi connectivity index (χ2v) is 9.57. The Morgan fingerprint density at radius 1 is 1.10 bits per heavy atom. The number of benzene rings is 3. The lowest BCUT2D eigenvalue weighted by molar-refractivity contribution is -0.384. The van der Waals surface area contributed by atoms with Gasteiger partial charge >= 0.3 is 5.97 Å². The number of carbonyl (C=O) groups excluding carboxylic acids is 1. The number of aromatic nitrogens is 1. The highest BCUT2D eigenvalue weighted by Gasteiger charge is 2.35. The monoisotopic (exact) mass is 541 g/mol. The van der Waals surface area contributed by atoms with Gasteiger partial charge in [0, 0.05) is 17.7 Å². The summed E-state index contributed by atoms with van der Waals surface area (Å²) in [6.07, 6.45) is 1.59. The molecule has 0 saturated carbocycles. The van der Waals surface area contributed by atoms with E-state index >= 15 is 0 Å². The molecule has 4 aromatic rings. The molecule has 0 amide bonds. The number of rotatable bonds is 7. The van der Waals surface area contributed by atoms with E-state index in [1.165, 1.54) is 16.7 Å². The highest BCUT2D eigenvalue weighted by molar-refractivity contribution is 7.07. The summed E-state index contributed by atoms with van der Waals surface area (Å²) in [4.78, 5) is 43.3. The molecule has 0 N–H and O–H groups in total. The maximum Gasteiger partial charge on any atom is 0.338 e. The van der Waals surface area contributed by atoms with Gasteiger partial charge in [0.15, 0.2) is 4.80 Å². The van der Waals surface area contributed by atoms with Crippen molar-refractivity contribution < 1.29 is 19.2 Å². The van der Waals surface area contributed by atoms with Crippen LogP contribution in [-0.2, 0) is 9.53 Å². The van der Waals surface area contributed by atoms with Crippen molar-refractivity contribution in [2.45, 2.75) is 13.0 Å². The molecular weight excluding hydrogens is 518 g/mol. The average Bonchev–Trinajstić information content (AvgIpc) is 3.27. The van der Waals surface area contributed by atoms with Gasteiger partial charge in [-0.1, -0.05) is 65.9 Å². The van der Waals surface area contributed by atoms with Crippen LogP contribution in [0, 0.1) is 10.1 Å². The topological polar surface area (TPSA) is 113 Å². The second kappa shape index (κ2) is 10.9. The van der Waals surface area contributed by atoms with Crippen molar-refractivity contribution in [3.05, 3.63) is 131 Å². The number of nitro groups is 1. The lowest BCUT2D eigenvalue weighted by atomic mass is 9.93. The number of hydrogen-bond donors (Lipinski definition) is 0. The van der Waals surface area contributed by atoms with Crippen LogP contribution in [0.1, 0.15) is 29.7 Å². The maximum atomic E-state index is 13.9. The molecule has 0 bridgehead atoms. The first-order chi connectivity index (χ1) is 18.9. The van der Waals surface area contributed by atoms with Crippen molar-refractivity contribution in [1.29, 1.82) is 0 Å². The average molecular weight is 542 g/mol. The van der Waals surface area contributed by atoms with Crippen LogP contribution in [0.5, 0.6) is 5.75 Å². The molecule has 5 rings (SSSR count). The molecule has 1 atom stereocenters. The molecule has 0 saturated heterocycles. The third-order valence-corrected chi connectivity index (χ3v) is 7.14. The van der Waals surface area contributed by atoms with Crippen molar-refractivity contribution in [3.8, 4) is 5.75 Å². The number of nitro benzene ring substituents is 1. The van der Waals surface area contributed by atoms with Gasteiger partial charge in [-0.15, -0.1) is 0 Å². The molecular formula is C29H23N3O6S. The minimum Gasteiger partial charge on any atom is -0.497 e. The number of thiazole rings is 1. The molecule has 0 unspecified atom stereocenters. The van der Waals surface area contributed by atoms with Gasteiger partial charge in [-0.25, -0.2) is 9.79 Å². The van der Waals surface area contributed by atoms with E-state index in [-0.39, 0.29) is 23.4 Å². The first-order valence-electron chi connectivity index (χ1n) is 12.1. The number of methoxy groups -OCH3 is 1. The predicted octanol–water partition coefficient (Wildman–Crippen LogP) is 3.85. The number of hydrogen-bond acceptors (Lipinski definition) is 8. The van der Waals surface area contributed by atoms with Crippen molar-refractivity contribution in [2.75, 3.05) is 13.7 Å². The number of non-ortho nitro benzene ring substituents is 1. The molecule has 1 aliphatic heterocycles. The number of nitrogens with zero attached hydrogens (tertiary/aromatic N) is 3. The van der Waals surface area contributed by atoms with Crippen molar-refractivity contribution in [2.24, 2.45) is 4.99 Å². The van der Waals surface area contributed by atoms with Crippen molar-refractivity contribution >= 4 is 34.8 Å². The fourth-order valence-corrected chi connectivity index (χ4v) is 5.45. The van der Waals surface area contributed by atoms with Gasteiger partial charge in [-0.3, -0.25) is 19.5 Å². The van der Waals surface area contributed by atoms with Gasteiger partial charge in [0.1, 0.15) is 5.75 Å². The van der Waals surface area contributed by atoms with Crippen LogP contribution in [0.4, 0.5) is 5.69 Å². The summed E-state index contributed by atoms with van der Waals surface area (Å²) in [5.41, 5.74) is 2.01. The van der Waals surface area contributed by atoms with Crippen LogP contribution < -0.4 is 19.6 Å². The van der Waals surface area contributed by atoms with E-state index in [1.807, 2.05) is 36.4 Å². The minimum atomic E-state index is -0.849. The Morgan fingerprint density at radius 2 is 1.87 bits per heavy atom. The van der Waals surface area contributed by atoms with Gasteiger partial charge in [-0.2, -0.15) is 0 Å². The molecule has 0 fully saturated rings.